The molecule has 40 valence electrons. The molecule has 1 saturated heterocycles. The van der Waals surface area contributed by atoms with E-state index >= 15 is 0 Å². The van der Waals surface area contributed by atoms with Crippen LogP contribution in [0.4, 0.5) is 0 Å². The third kappa shape index (κ3) is 1.22. The van der Waals surface area contributed by atoms with Crippen molar-refractivity contribution in [2.45, 2.75) is 3.26 Å². The predicted molar refractivity (Wildman–Crippen MR) is 38.4 cm³/mol. The van der Waals surface area contributed by atoms with Crippen LogP contribution in [-0.4, -0.2) is 15.0 Å². The predicted octanol–water partition coefficient (Wildman–Crippen LogP) is 0.568. The van der Waals surface area contributed by atoms with Crippen molar-refractivity contribution in [3.8, 4) is 0 Å². The quantitative estimate of drug-likeness (QED) is 0.486. The number of alkyl halides is 1. The maximum atomic E-state index is 10.4. The average molecular weight is 229 g/mol. The molecule has 1 heterocycles. The largest absolute Gasteiger partial charge is 0.345 e. The molecular weight excluding hydrogens is 225 g/mol. The van der Waals surface area contributed by atoms with Crippen molar-refractivity contribution < 1.29 is 4.79 Å². The van der Waals surface area contributed by atoms with Crippen LogP contribution < -0.4 is 5.32 Å². The Kier molecular flexibility index (Phi) is 1.80. The maximum Gasteiger partial charge on any atom is 0.243 e. The fourth-order valence-corrected chi connectivity index (χ4v) is 1.71. The van der Waals surface area contributed by atoms with Crippen LogP contribution in [0.25, 0.3) is 0 Å². The number of hydrogen-bond acceptors (Lipinski definition) is 2. The topological polar surface area (TPSA) is 29.1 Å². The van der Waals surface area contributed by atoms with E-state index in [-0.39, 0.29) is 9.16 Å². The van der Waals surface area contributed by atoms with Gasteiger partial charge in [-0.25, -0.2) is 0 Å². The summed E-state index contributed by atoms with van der Waals surface area (Å²) < 4.78 is 0.151. The minimum atomic E-state index is 0.151. The van der Waals surface area contributed by atoms with Crippen molar-refractivity contribution in [3.63, 3.8) is 0 Å². The molecule has 1 aliphatic heterocycles. The smallest absolute Gasteiger partial charge is 0.243 e. The lowest BCUT2D eigenvalue weighted by Crippen LogP contribution is -2.18. The van der Waals surface area contributed by atoms with Crippen LogP contribution in [0, 0.1) is 0 Å². The number of thioether (sulfide) groups is 1. The lowest BCUT2D eigenvalue weighted by molar-refractivity contribution is -0.118. The summed E-state index contributed by atoms with van der Waals surface area (Å²) in [5.74, 6) is 0.942. The lowest BCUT2D eigenvalue weighted by atomic mass is 10.7. The van der Waals surface area contributed by atoms with E-state index < -0.39 is 0 Å². The Labute approximate surface area is 59.6 Å². The fourth-order valence-electron chi connectivity index (χ4n) is 0.342. The molecule has 0 spiro atoms. The van der Waals surface area contributed by atoms with Gasteiger partial charge in [-0.2, -0.15) is 0 Å². The summed E-state index contributed by atoms with van der Waals surface area (Å²) >= 11 is 3.74. The number of amides is 1. The third-order valence-electron chi connectivity index (χ3n) is 0.682. The van der Waals surface area contributed by atoms with E-state index in [1.807, 2.05) is 0 Å². The third-order valence-corrected chi connectivity index (χ3v) is 3.14. The molecule has 1 fully saturated rings. The highest BCUT2D eigenvalue weighted by atomic mass is 127. The van der Waals surface area contributed by atoms with Crippen LogP contribution in [-0.2, 0) is 4.79 Å². The van der Waals surface area contributed by atoms with E-state index in [4.69, 9.17) is 0 Å². The second kappa shape index (κ2) is 2.21. The van der Waals surface area contributed by atoms with Gasteiger partial charge in [-0.1, -0.05) is 22.6 Å². The first kappa shape index (κ1) is 5.68. The van der Waals surface area contributed by atoms with Crippen molar-refractivity contribution >= 4 is 40.3 Å². The van der Waals surface area contributed by atoms with Crippen molar-refractivity contribution in [2.75, 3.05) is 5.88 Å². The Bertz CT molecular complexity index is 96.9. The Hall–Kier alpha value is 0.550. The van der Waals surface area contributed by atoms with Crippen molar-refractivity contribution in [1.82, 2.24) is 5.32 Å². The van der Waals surface area contributed by atoms with Crippen molar-refractivity contribution in [2.24, 2.45) is 0 Å². The van der Waals surface area contributed by atoms with Gasteiger partial charge in [0.05, 0.1) is 5.88 Å². The van der Waals surface area contributed by atoms with Gasteiger partial charge in [-0.15, -0.1) is 11.8 Å². The molecule has 1 rings (SSSR count). The molecule has 0 aromatic carbocycles. The number of carbonyl (C=O) groups is 1. The van der Waals surface area contributed by atoms with Gasteiger partial charge in [-0.05, 0) is 0 Å². The summed E-state index contributed by atoms with van der Waals surface area (Å²) in [5, 5.41) is 2.69. The molecule has 0 bridgehead atoms. The van der Waals surface area contributed by atoms with Crippen LogP contribution in [0.5, 0.6) is 0 Å². The van der Waals surface area contributed by atoms with Crippen LogP contribution in [0.2, 0.25) is 0 Å². The monoisotopic (exact) mass is 229 g/mol. The van der Waals surface area contributed by atoms with Crippen LogP contribution in [0.1, 0.15) is 0 Å². The molecule has 0 saturated carbocycles. The second-order valence-corrected chi connectivity index (χ2v) is 4.35. The van der Waals surface area contributed by atoms with E-state index in [2.05, 4.69) is 27.9 Å². The molecular formula is C3H4INOS. The molecule has 1 atom stereocenters. The van der Waals surface area contributed by atoms with Crippen molar-refractivity contribution in [3.05, 3.63) is 0 Å². The Morgan fingerprint density at radius 2 is 2.71 bits per heavy atom. The SMILES string of the molecule is O=C1NCSC1I. The van der Waals surface area contributed by atoms with E-state index in [0.29, 0.717) is 0 Å². The summed E-state index contributed by atoms with van der Waals surface area (Å²) in [5.41, 5.74) is 0. The highest BCUT2D eigenvalue weighted by molar-refractivity contribution is 14.1. The summed E-state index contributed by atoms with van der Waals surface area (Å²) in [6.07, 6.45) is 0. The molecule has 7 heavy (non-hydrogen) atoms. The molecule has 4 heteroatoms. The van der Waals surface area contributed by atoms with Gasteiger partial charge in [0.25, 0.3) is 0 Å². The van der Waals surface area contributed by atoms with Crippen LogP contribution in [0.15, 0.2) is 0 Å². The maximum absolute atomic E-state index is 10.4. The standard InChI is InChI=1S/C3H4INOS/c4-2-3(6)5-1-7-2/h2H,1H2,(H,5,6). The van der Waals surface area contributed by atoms with E-state index in [9.17, 15) is 4.79 Å². The number of rotatable bonds is 0. The van der Waals surface area contributed by atoms with Crippen LogP contribution in [0.3, 0.4) is 0 Å². The highest BCUT2D eigenvalue weighted by Crippen LogP contribution is 2.21. The minimum absolute atomic E-state index is 0.151. The molecule has 1 aliphatic rings. The summed E-state index contributed by atoms with van der Waals surface area (Å²) in [6, 6.07) is 0. The van der Waals surface area contributed by atoms with Crippen molar-refractivity contribution in [1.29, 1.82) is 0 Å². The van der Waals surface area contributed by atoms with Gasteiger partial charge in [0.2, 0.25) is 5.91 Å². The number of carbonyl (C=O) groups excluding carboxylic acids is 1. The molecule has 0 aromatic heterocycles. The molecule has 1 unspecified atom stereocenters. The normalized spacial score (nSPS) is 30.4. The zero-order chi connectivity index (χ0) is 5.28. The molecule has 0 aromatic rings. The van der Waals surface area contributed by atoms with E-state index in [1.54, 1.807) is 11.8 Å². The fraction of sp³-hybridized carbons (Fsp3) is 0.667. The van der Waals surface area contributed by atoms with Gasteiger partial charge < -0.3 is 5.32 Å². The highest BCUT2D eigenvalue weighted by Gasteiger charge is 2.20. The van der Waals surface area contributed by atoms with E-state index in [0.717, 1.165) is 5.88 Å². The summed E-state index contributed by atoms with van der Waals surface area (Å²) in [7, 11) is 0. The zero-order valence-corrected chi connectivity index (χ0v) is 6.45. The Balaban J connectivity index is 2.48. The average Bonchev–Trinajstić information content (AvgIpc) is 1.91. The number of halogens is 1. The van der Waals surface area contributed by atoms with Gasteiger partial charge in [0.1, 0.15) is 3.26 Å². The first-order valence-electron chi connectivity index (χ1n) is 1.84. The Morgan fingerprint density at radius 1 is 2.00 bits per heavy atom. The summed E-state index contributed by atoms with van der Waals surface area (Å²) in [6.45, 7) is 0. The van der Waals surface area contributed by atoms with E-state index in [1.165, 1.54) is 0 Å². The van der Waals surface area contributed by atoms with Gasteiger partial charge in [0.15, 0.2) is 0 Å². The van der Waals surface area contributed by atoms with Gasteiger partial charge in [0, 0.05) is 0 Å². The molecule has 0 radical (unpaired) electrons. The molecule has 2 nitrogen and oxygen atoms in total. The molecule has 1 amide bonds. The zero-order valence-electron chi connectivity index (χ0n) is 3.48. The lowest BCUT2D eigenvalue weighted by Gasteiger charge is -1.87. The first-order valence-corrected chi connectivity index (χ1v) is 4.13. The number of hydrogen-bond donors (Lipinski definition) is 1. The second-order valence-electron chi connectivity index (χ2n) is 1.17. The van der Waals surface area contributed by atoms with Crippen LogP contribution >= 0.6 is 34.4 Å². The summed E-state index contributed by atoms with van der Waals surface area (Å²) in [4.78, 5) is 10.4. The Morgan fingerprint density at radius 3 is 2.86 bits per heavy atom. The first-order chi connectivity index (χ1) is 3.30. The van der Waals surface area contributed by atoms with Gasteiger partial charge in [-0.3, -0.25) is 4.79 Å². The minimum Gasteiger partial charge on any atom is -0.345 e. The molecule has 1 N–H and O–H groups in total. The molecule has 0 aliphatic carbocycles. The number of nitrogens with one attached hydrogen (secondary N) is 1. The van der Waals surface area contributed by atoms with Gasteiger partial charge >= 0.3 is 0 Å².